The van der Waals surface area contributed by atoms with Crippen LogP contribution < -0.4 is 10.1 Å². The molecule has 3 rings (SSSR count). The SMILES string of the molecule is O=C(COc1ccccc1)NCc1cn(-c2ccsc2)nn1. The summed E-state index contributed by atoms with van der Waals surface area (Å²) in [7, 11) is 0. The molecule has 0 bridgehead atoms. The Hall–Kier alpha value is -2.67. The Balaban J connectivity index is 1.47. The lowest BCUT2D eigenvalue weighted by Crippen LogP contribution is -2.28. The molecule has 0 saturated carbocycles. The molecule has 3 aromatic rings. The fraction of sp³-hybridized carbons (Fsp3) is 0.133. The van der Waals surface area contributed by atoms with Gasteiger partial charge >= 0.3 is 0 Å². The van der Waals surface area contributed by atoms with Crippen LogP contribution in [0.5, 0.6) is 5.75 Å². The normalized spacial score (nSPS) is 10.4. The van der Waals surface area contributed by atoms with Gasteiger partial charge in [-0.1, -0.05) is 23.4 Å². The maximum Gasteiger partial charge on any atom is 0.258 e. The smallest absolute Gasteiger partial charge is 0.258 e. The van der Waals surface area contributed by atoms with Crippen molar-refractivity contribution in [3.05, 3.63) is 59.0 Å². The van der Waals surface area contributed by atoms with Crippen molar-refractivity contribution in [2.45, 2.75) is 6.54 Å². The van der Waals surface area contributed by atoms with Gasteiger partial charge in [0, 0.05) is 5.38 Å². The Morgan fingerprint density at radius 2 is 2.14 bits per heavy atom. The van der Waals surface area contributed by atoms with Crippen molar-refractivity contribution in [1.82, 2.24) is 20.3 Å². The summed E-state index contributed by atoms with van der Waals surface area (Å²) in [5, 5.41) is 14.7. The highest BCUT2D eigenvalue weighted by atomic mass is 32.1. The number of carbonyl (C=O) groups is 1. The predicted molar refractivity (Wildman–Crippen MR) is 83.0 cm³/mol. The Morgan fingerprint density at radius 3 is 2.91 bits per heavy atom. The fourth-order valence-electron chi connectivity index (χ4n) is 1.80. The van der Waals surface area contributed by atoms with Gasteiger partial charge in [0.2, 0.25) is 0 Å². The zero-order valence-corrected chi connectivity index (χ0v) is 12.5. The first-order chi connectivity index (χ1) is 10.8. The third-order valence-corrected chi connectivity index (χ3v) is 3.56. The first kappa shape index (κ1) is 14.3. The van der Waals surface area contributed by atoms with Gasteiger partial charge in [0.1, 0.15) is 11.4 Å². The molecule has 0 aliphatic rings. The molecule has 0 aliphatic heterocycles. The van der Waals surface area contributed by atoms with E-state index in [1.54, 1.807) is 34.3 Å². The molecule has 0 fully saturated rings. The number of aromatic nitrogens is 3. The van der Waals surface area contributed by atoms with Crippen LogP contribution in [-0.2, 0) is 11.3 Å². The van der Waals surface area contributed by atoms with Gasteiger partial charge in [-0.25, -0.2) is 4.68 Å². The van der Waals surface area contributed by atoms with E-state index in [0.717, 1.165) is 5.69 Å². The van der Waals surface area contributed by atoms with E-state index in [-0.39, 0.29) is 12.5 Å². The molecule has 2 aromatic heterocycles. The monoisotopic (exact) mass is 314 g/mol. The van der Waals surface area contributed by atoms with Gasteiger partial charge in [-0.05, 0) is 23.6 Å². The first-order valence-corrected chi connectivity index (χ1v) is 7.64. The number of carbonyl (C=O) groups excluding carboxylic acids is 1. The van der Waals surface area contributed by atoms with Crippen LogP contribution in [0.1, 0.15) is 5.69 Å². The average molecular weight is 314 g/mol. The Kier molecular flexibility index (Phi) is 4.45. The van der Waals surface area contributed by atoms with E-state index in [1.165, 1.54) is 0 Å². The maximum atomic E-state index is 11.7. The largest absolute Gasteiger partial charge is 0.484 e. The minimum Gasteiger partial charge on any atom is -0.484 e. The fourth-order valence-corrected chi connectivity index (χ4v) is 2.42. The van der Waals surface area contributed by atoms with E-state index < -0.39 is 0 Å². The Labute approximate surface area is 131 Å². The molecule has 0 saturated heterocycles. The number of ether oxygens (including phenoxy) is 1. The molecule has 1 N–H and O–H groups in total. The number of hydrogen-bond donors (Lipinski definition) is 1. The van der Waals surface area contributed by atoms with Crippen LogP contribution in [0.25, 0.3) is 5.69 Å². The molecular formula is C15H14N4O2S. The topological polar surface area (TPSA) is 69.0 Å². The number of nitrogens with zero attached hydrogens (tertiary/aromatic N) is 3. The lowest BCUT2D eigenvalue weighted by atomic mass is 10.3. The van der Waals surface area contributed by atoms with Crippen LogP contribution in [0.2, 0.25) is 0 Å². The molecule has 112 valence electrons. The summed E-state index contributed by atoms with van der Waals surface area (Å²) in [6.45, 7) is 0.295. The summed E-state index contributed by atoms with van der Waals surface area (Å²) >= 11 is 1.59. The Morgan fingerprint density at radius 1 is 1.27 bits per heavy atom. The summed E-state index contributed by atoms with van der Waals surface area (Å²) in [5.41, 5.74) is 1.65. The average Bonchev–Trinajstić information content (AvgIpc) is 3.22. The molecule has 1 aromatic carbocycles. The summed E-state index contributed by atoms with van der Waals surface area (Å²) < 4.78 is 7.05. The summed E-state index contributed by atoms with van der Waals surface area (Å²) in [5.74, 6) is 0.468. The summed E-state index contributed by atoms with van der Waals surface area (Å²) in [6, 6.07) is 11.2. The van der Waals surface area contributed by atoms with Crippen molar-refractivity contribution in [2.75, 3.05) is 6.61 Å². The highest BCUT2D eigenvalue weighted by Gasteiger charge is 2.06. The highest BCUT2D eigenvalue weighted by Crippen LogP contribution is 2.11. The van der Waals surface area contributed by atoms with Crippen LogP contribution in [0.4, 0.5) is 0 Å². The van der Waals surface area contributed by atoms with Gasteiger partial charge in [-0.2, -0.15) is 11.3 Å². The number of nitrogens with one attached hydrogen (secondary N) is 1. The lowest BCUT2D eigenvalue weighted by Gasteiger charge is -2.05. The second kappa shape index (κ2) is 6.86. The predicted octanol–water partition coefficient (Wildman–Crippen LogP) is 2.02. The van der Waals surface area contributed by atoms with Gasteiger partial charge in [0.15, 0.2) is 6.61 Å². The van der Waals surface area contributed by atoms with Crippen molar-refractivity contribution in [3.63, 3.8) is 0 Å². The number of benzene rings is 1. The second-order valence-electron chi connectivity index (χ2n) is 4.51. The van der Waals surface area contributed by atoms with Gasteiger partial charge in [0.25, 0.3) is 5.91 Å². The minimum atomic E-state index is -0.200. The van der Waals surface area contributed by atoms with Crippen LogP contribution in [0.3, 0.4) is 0 Å². The third-order valence-electron chi connectivity index (χ3n) is 2.89. The molecule has 7 heteroatoms. The molecule has 0 aliphatic carbocycles. The number of hydrogen-bond acceptors (Lipinski definition) is 5. The van der Waals surface area contributed by atoms with Gasteiger partial charge in [-0.3, -0.25) is 4.79 Å². The van der Waals surface area contributed by atoms with Gasteiger partial charge in [-0.15, -0.1) is 5.10 Å². The van der Waals surface area contributed by atoms with Crippen molar-refractivity contribution in [1.29, 1.82) is 0 Å². The summed E-state index contributed by atoms with van der Waals surface area (Å²) in [4.78, 5) is 11.7. The molecule has 0 unspecified atom stereocenters. The minimum absolute atomic E-state index is 0.0251. The third kappa shape index (κ3) is 3.70. The summed E-state index contributed by atoms with van der Waals surface area (Å²) in [6.07, 6.45) is 1.79. The number of para-hydroxylation sites is 1. The molecular weight excluding hydrogens is 300 g/mol. The van der Waals surface area contributed by atoms with Crippen molar-refractivity contribution < 1.29 is 9.53 Å². The van der Waals surface area contributed by atoms with Crippen molar-refractivity contribution in [2.24, 2.45) is 0 Å². The van der Waals surface area contributed by atoms with Crippen LogP contribution >= 0.6 is 11.3 Å². The van der Waals surface area contributed by atoms with Crippen LogP contribution in [0.15, 0.2) is 53.4 Å². The highest BCUT2D eigenvalue weighted by molar-refractivity contribution is 7.08. The van der Waals surface area contributed by atoms with Crippen molar-refractivity contribution >= 4 is 17.2 Å². The van der Waals surface area contributed by atoms with E-state index in [9.17, 15) is 4.79 Å². The maximum absolute atomic E-state index is 11.7. The van der Waals surface area contributed by atoms with Gasteiger partial charge < -0.3 is 10.1 Å². The van der Waals surface area contributed by atoms with Crippen LogP contribution in [0, 0.1) is 0 Å². The molecule has 2 heterocycles. The molecule has 6 nitrogen and oxygen atoms in total. The first-order valence-electron chi connectivity index (χ1n) is 6.69. The van der Waals surface area contributed by atoms with E-state index in [0.29, 0.717) is 18.0 Å². The molecule has 0 atom stereocenters. The number of amides is 1. The van der Waals surface area contributed by atoms with E-state index in [2.05, 4.69) is 15.6 Å². The van der Waals surface area contributed by atoms with Crippen LogP contribution in [-0.4, -0.2) is 27.5 Å². The van der Waals surface area contributed by atoms with E-state index in [1.807, 2.05) is 35.0 Å². The molecule has 0 spiro atoms. The number of thiophene rings is 1. The van der Waals surface area contributed by atoms with Crippen molar-refractivity contribution in [3.8, 4) is 11.4 Å². The van der Waals surface area contributed by atoms with E-state index >= 15 is 0 Å². The lowest BCUT2D eigenvalue weighted by molar-refractivity contribution is -0.123. The molecule has 22 heavy (non-hydrogen) atoms. The Bertz CT molecular complexity index is 725. The zero-order chi connectivity index (χ0) is 15.2. The molecule has 1 amide bonds. The molecule has 0 radical (unpaired) electrons. The standard InChI is InChI=1S/C15H14N4O2S/c20-15(10-21-14-4-2-1-3-5-14)16-8-12-9-19(18-17-12)13-6-7-22-11-13/h1-7,9,11H,8,10H2,(H,16,20). The van der Waals surface area contributed by atoms with E-state index in [4.69, 9.17) is 4.74 Å². The quantitative estimate of drug-likeness (QED) is 0.756. The van der Waals surface area contributed by atoms with Gasteiger partial charge in [0.05, 0.1) is 18.4 Å². The zero-order valence-electron chi connectivity index (χ0n) is 11.7. The number of rotatable bonds is 6. The second-order valence-corrected chi connectivity index (χ2v) is 5.29.